The summed E-state index contributed by atoms with van der Waals surface area (Å²) in [6.45, 7) is 0. The van der Waals surface area contributed by atoms with Crippen molar-refractivity contribution in [3.05, 3.63) is 102 Å². The van der Waals surface area contributed by atoms with Crippen LogP contribution >= 0.6 is 0 Å². The number of sulfone groups is 1. The number of carbonyl (C=O) groups excluding carboxylic acids is 2. The van der Waals surface area contributed by atoms with E-state index in [0.29, 0.717) is 5.69 Å². The summed E-state index contributed by atoms with van der Waals surface area (Å²) in [6.07, 6.45) is 0. The van der Waals surface area contributed by atoms with Crippen LogP contribution in [0.5, 0.6) is 0 Å². The highest BCUT2D eigenvalue weighted by atomic mass is 32.2. The number of carbonyl (C=O) groups is 2. The van der Waals surface area contributed by atoms with Gasteiger partial charge in [0.25, 0.3) is 5.91 Å². The van der Waals surface area contributed by atoms with Gasteiger partial charge in [-0.3, -0.25) is 9.59 Å². The quantitative estimate of drug-likeness (QED) is 0.463. The standard InChI is InChI=1S/C24H15NO4S/c26-23-18-9-3-4-11-21(18)30(28,29)22-14-16(12-13-19(22)23)24(27)25-20-10-5-7-15-6-1-2-8-17(15)20/h1-14H,(H,25,27). The second-order valence-corrected chi connectivity index (χ2v) is 8.91. The van der Waals surface area contributed by atoms with Gasteiger partial charge in [0.05, 0.1) is 9.79 Å². The molecule has 0 radical (unpaired) electrons. The molecule has 30 heavy (non-hydrogen) atoms. The monoisotopic (exact) mass is 413 g/mol. The van der Waals surface area contributed by atoms with Crippen LogP contribution in [0.3, 0.4) is 0 Å². The Morgan fingerprint density at radius 3 is 2.30 bits per heavy atom. The lowest BCUT2D eigenvalue weighted by molar-refractivity contribution is 0.101. The number of rotatable bonds is 2. The van der Waals surface area contributed by atoms with Crippen molar-refractivity contribution in [2.45, 2.75) is 9.79 Å². The molecule has 0 saturated carbocycles. The molecule has 0 unspecified atom stereocenters. The maximum atomic E-state index is 13.1. The van der Waals surface area contributed by atoms with Gasteiger partial charge in [0.1, 0.15) is 0 Å². The molecule has 146 valence electrons. The van der Waals surface area contributed by atoms with E-state index in [9.17, 15) is 18.0 Å². The van der Waals surface area contributed by atoms with E-state index in [1.165, 1.54) is 30.3 Å². The Labute approximate surface area is 172 Å². The van der Waals surface area contributed by atoms with E-state index in [0.717, 1.165) is 10.8 Å². The largest absolute Gasteiger partial charge is 0.321 e. The molecule has 0 aliphatic carbocycles. The van der Waals surface area contributed by atoms with E-state index in [-0.39, 0.29) is 32.3 Å². The third kappa shape index (κ3) is 2.73. The van der Waals surface area contributed by atoms with Crippen LogP contribution in [-0.2, 0) is 9.84 Å². The van der Waals surface area contributed by atoms with E-state index < -0.39 is 15.7 Å². The fraction of sp³-hybridized carbons (Fsp3) is 0. The summed E-state index contributed by atoms with van der Waals surface area (Å²) < 4.78 is 26.1. The van der Waals surface area contributed by atoms with Crippen molar-refractivity contribution in [3.63, 3.8) is 0 Å². The van der Waals surface area contributed by atoms with Gasteiger partial charge >= 0.3 is 0 Å². The Morgan fingerprint density at radius 1 is 0.733 bits per heavy atom. The van der Waals surface area contributed by atoms with Crippen molar-refractivity contribution in [3.8, 4) is 0 Å². The lowest BCUT2D eigenvalue weighted by Crippen LogP contribution is -2.21. The van der Waals surface area contributed by atoms with Crippen molar-refractivity contribution >= 4 is 38.0 Å². The average molecular weight is 413 g/mol. The Morgan fingerprint density at radius 2 is 1.43 bits per heavy atom. The highest BCUT2D eigenvalue weighted by molar-refractivity contribution is 7.91. The first-order valence-electron chi connectivity index (χ1n) is 9.29. The molecule has 1 heterocycles. The van der Waals surface area contributed by atoms with Crippen LogP contribution in [0.1, 0.15) is 26.3 Å². The van der Waals surface area contributed by atoms with Crippen LogP contribution in [0.15, 0.2) is 94.7 Å². The maximum absolute atomic E-state index is 13.1. The molecule has 5 nitrogen and oxygen atoms in total. The van der Waals surface area contributed by atoms with Crippen LogP contribution in [0, 0.1) is 0 Å². The minimum absolute atomic E-state index is 0.0332. The average Bonchev–Trinajstić information content (AvgIpc) is 2.78. The summed E-state index contributed by atoms with van der Waals surface area (Å²) in [5, 5.41) is 4.70. The molecule has 1 aliphatic rings. The second-order valence-electron chi connectivity index (χ2n) is 7.02. The number of nitrogens with one attached hydrogen (secondary N) is 1. The summed E-state index contributed by atoms with van der Waals surface area (Å²) in [7, 11) is -3.90. The molecular weight excluding hydrogens is 398 g/mol. The minimum Gasteiger partial charge on any atom is -0.321 e. The van der Waals surface area contributed by atoms with Crippen molar-refractivity contribution in [1.82, 2.24) is 0 Å². The van der Waals surface area contributed by atoms with Crippen LogP contribution < -0.4 is 5.32 Å². The van der Waals surface area contributed by atoms with E-state index in [4.69, 9.17) is 0 Å². The first-order chi connectivity index (χ1) is 14.5. The fourth-order valence-corrected chi connectivity index (χ4v) is 5.43. The highest BCUT2D eigenvalue weighted by Crippen LogP contribution is 2.35. The third-order valence-corrected chi connectivity index (χ3v) is 7.09. The van der Waals surface area contributed by atoms with Crippen LogP contribution in [0.4, 0.5) is 5.69 Å². The topological polar surface area (TPSA) is 80.3 Å². The first-order valence-corrected chi connectivity index (χ1v) is 10.8. The summed E-state index contributed by atoms with van der Waals surface area (Å²) in [5.41, 5.74) is 1.02. The molecule has 4 aromatic carbocycles. The summed E-state index contributed by atoms with van der Waals surface area (Å²) in [5.74, 6) is -0.813. The lowest BCUT2D eigenvalue weighted by Gasteiger charge is -2.19. The molecule has 1 aliphatic heterocycles. The van der Waals surface area contributed by atoms with Crippen molar-refractivity contribution < 1.29 is 18.0 Å². The van der Waals surface area contributed by atoms with E-state index in [1.807, 2.05) is 36.4 Å². The molecule has 0 fully saturated rings. The lowest BCUT2D eigenvalue weighted by atomic mass is 10.0. The number of hydrogen-bond donors (Lipinski definition) is 1. The van der Waals surface area contributed by atoms with Crippen molar-refractivity contribution in [2.24, 2.45) is 0 Å². The molecular formula is C24H15NO4S. The first kappa shape index (κ1) is 18.3. The van der Waals surface area contributed by atoms with Gasteiger partial charge in [0.2, 0.25) is 9.84 Å². The van der Waals surface area contributed by atoms with Crippen LogP contribution in [0.25, 0.3) is 10.8 Å². The SMILES string of the molecule is O=C(Nc1cccc2ccccc12)c1ccc2c(c1)S(=O)(=O)c1ccccc1C2=O. The molecule has 0 saturated heterocycles. The number of anilines is 1. The highest BCUT2D eigenvalue weighted by Gasteiger charge is 2.35. The van der Waals surface area contributed by atoms with E-state index in [2.05, 4.69) is 5.32 Å². The zero-order valence-electron chi connectivity index (χ0n) is 15.6. The molecule has 0 atom stereocenters. The number of amides is 1. The molecule has 0 aromatic heterocycles. The fourth-order valence-electron chi connectivity index (χ4n) is 3.75. The van der Waals surface area contributed by atoms with Gasteiger partial charge in [-0.1, -0.05) is 48.5 Å². The molecule has 4 aromatic rings. The van der Waals surface area contributed by atoms with Gasteiger partial charge in [0.15, 0.2) is 5.78 Å². The second kappa shape index (κ2) is 6.64. The molecule has 5 rings (SSSR count). The number of benzene rings is 4. The van der Waals surface area contributed by atoms with Gasteiger partial charge in [-0.05, 0) is 41.8 Å². The number of ketones is 1. The maximum Gasteiger partial charge on any atom is 0.255 e. The summed E-state index contributed by atoms with van der Waals surface area (Å²) in [4.78, 5) is 25.5. The van der Waals surface area contributed by atoms with Gasteiger partial charge in [0, 0.05) is 27.8 Å². The van der Waals surface area contributed by atoms with E-state index in [1.54, 1.807) is 18.2 Å². The smallest absolute Gasteiger partial charge is 0.255 e. The minimum atomic E-state index is -3.90. The summed E-state index contributed by atoms with van der Waals surface area (Å²) in [6, 6.07) is 23.5. The normalized spacial score (nSPS) is 14.1. The van der Waals surface area contributed by atoms with Crippen molar-refractivity contribution in [1.29, 1.82) is 0 Å². The van der Waals surface area contributed by atoms with Gasteiger partial charge < -0.3 is 5.32 Å². The molecule has 6 heteroatoms. The van der Waals surface area contributed by atoms with Gasteiger partial charge in [-0.15, -0.1) is 0 Å². The molecule has 0 spiro atoms. The Kier molecular flexibility index (Phi) is 4.04. The zero-order chi connectivity index (χ0) is 20.9. The number of fused-ring (bicyclic) bond motifs is 3. The zero-order valence-corrected chi connectivity index (χ0v) is 16.4. The Hall–Kier alpha value is -3.77. The Bertz CT molecular complexity index is 1470. The van der Waals surface area contributed by atoms with Crippen LogP contribution in [-0.4, -0.2) is 20.1 Å². The van der Waals surface area contributed by atoms with Gasteiger partial charge in [-0.25, -0.2) is 8.42 Å². The van der Waals surface area contributed by atoms with Crippen molar-refractivity contribution in [2.75, 3.05) is 5.32 Å². The molecule has 1 amide bonds. The molecule has 1 N–H and O–H groups in total. The predicted octanol–water partition coefficient (Wildman–Crippen LogP) is 4.47. The third-order valence-electron chi connectivity index (χ3n) is 5.24. The summed E-state index contributed by atoms with van der Waals surface area (Å²) >= 11 is 0. The predicted molar refractivity (Wildman–Crippen MR) is 114 cm³/mol. The van der Waals surface area contributed by atoms with E-state index >= 15 is 0 Å². The van der Waals surface area contributed by atoms with Gasteiger partial charge in [-0.2, -0.15) is 0 Å². The number of hydrogen-bond acceptors (Lipinski definition) is 4. The van der Waals surface area contributed by atoms with Crippen LogP contribution in [0.2, 0.25) is 0 Å². The molecule has 0 bridgehead atoms. The Balaban J connectivity index is 1.57.